The van der Waals surface area contributed by atoms with E-state index in [0.29, 0.717) is 6.42 Å². The Morgan fingerprint density at radius 2 is 1.67 bits per heavy atom. The van der Waals surface area contributed by atoms with Crippen LogP contribution in [-0.4, -0.2) is 5.11 Å². The standard InChI is InChI=1S/C16H17BrO/c1-11-8-14(15(17)9-12(11)2)16(18)10-13-6-4-3-5-7-13/h3-9,16,18H,10H2,1-2H3. The van der Waals surface area contributed by atoms with E-state index in [1.165, 1.54) is 11.1 Å². The maximum Gasteiger partial charge on any atom is 0.0841 e. The summed E-state index contributed by atoms with van der Waals surface area (Å²) in [4.78, 5) is 0. The van der Waals surface area contributed by atoms with Crippen LogP contribution in [0.25, 0.3) is 0 Å². The fourth-order valence-electron chi connectivity index (χ4n) is 2.01. The van der Waals surface area contributed by atoms with E-state index in [1.54, 1.807) is 0 Å². The minimum absolute atomic E-state index is 0.471. The largest absolute Gasteiger partial charge is 0.388 e. The van der Waals surface area contributed by atoms with Crippen molar-refractivity contribution in [2.24, 2.45) is 0 Å². The molecule has 0 aromatic heterocycles. The highest BCUT2D eigenvalue weighted by Gasteiger charge is 2.13. The summed E-state index contributed by atoms with van der Waals surface area (Å²) in [6, 6.07) is 14.2. The third kappa shape index (κ3) is 3.01. The lowest BCUT2D eigenvalue weighted by molar-refractivity contribution is 0.177. The van der Waals surface area contributed by atoms with E-state index in [4.69, 9.17) is 0 Å². The normalized spacial score (nSPS) is 12.4. The van der Waals surface area contributed by atoms with Crippen LogP contribution in [0.5, 0.6) is 0 Å². The van der Waals surface area contributed by atoms with Gasteiger partial charge in [0.05, 0.1) is 6.10 Å². The summed E-state index contributed by atoms with van der Waals surface area (Å²) >= 11 is 3.54. The Morgan fingerprint density at radius 1 is 1.06 bits per heavy atom. The molecule has 2 heteroatoms. The topological polar surface area (TPSA) is 20.2 Å². The first-order valence-corrected chi connectivity index (χ1v) is 6.86. The highest BCUT2D eigenvalue weighted by Crippen LogP contribution is 2.28. The summed E-state index contributed by atoms with van der Waals surface area (Å²) < 4.78 is 0.981. The lowest BCUT2D eigenvalue weighted by Crippen LogP contribution is -2.03. The van der Waals surface area contributed by atoms with Crippen molar-refractivity contribution >= 4 is 15.9 Å². The van der Waals surface area contributed by atoms with Gasteiger partial charge < -0.3 is 5.11 Å². The number of aryl methyl sites for hydroxylation is 2. The molecule has 0 amide bonds. The van der Waals surface area contributed by atoms with Gasteiger partial charge in [0, 0.05) is 10.9 Å². The van der Waals surface area contributed by atoms with Crippen LogP contribution >= 0.6 is 15.9 Å². The monoisotopic (exact) mass is 304 g/mol. The molecule has 0 aliphatic heterocycles. The van der Waals surface area contributed by atoms with E-state index >= 15 is 0 Å². The molecule has 2 rings (SSSR count). The van der Waals surface area contributed by atoms with Crippen LogP contribution in [0.15, 0.2) is 46.9 Å². The fraction of sp³-hybridized carbons (Fsp3) is 0.250. The summed E-state index contributed by atoms with van der Waals surface area (Å²) in [5.41, 5.74) is 4.55. The maximum atomic E-state index is 10.3. The van der Waals surface area contributed by atoms with Crippen LogP contribution in [0.2, 0.25) is 0 Å². The molecule has 0 radical (unpaired) electrons. The van der Waals surface area contributed by atoms with E-state index in [2.05, 4.69) is 41.9 Å². The quantitative estimate of drug-likeness (QED) is 0.894. The van der Waals surface area contributed by atoms with Crippen molar-refractivity contribution in [3.63, 3.8) is 0 Å². The van der Waals surface area contributed by atoms with Gasteiger partial charge in [0.25, 0.3) is 0 Å². The molecule has 2 aromatic rings. The highest BCUT2D eigenvalue weighted by molar-refractivity contribution is 9.10. The number of benzene rings is 2. The van der Waals surface area contributed by atoms with E-state index in [9.17, 15) is 5.11 Å². The Balaban J connectivity index is 2.24. The van der Waals surface area contributed by atoms with Gasteiger partial charge in [-0.25, -0.2) is 0 Å². The molecule has 94 valence electrons. The first-order valence-electron chi connectivity index (χ1n) is 6.06. The highest BCUT2D eigenvalue weighted by atomic mass is 79.9. The molecular formula is C16H17BrO. The van der Waals surface area contributed by atoms with Gasteiger partial charge in [0.1, 0.15) is 0 Å². The zero-order valence-electron chi connectivity index (χ0n) is 10.7. The predicted octanol–water partition coefficient (Wildman–Crippen LogP) is 4.34. The van der Waals surface area contributed by atoms with Gasteiger partial charge in [-0.15, -0.1) is 0 Å². The number of halogens is 1. The Kier molecular flexibility index (Phi) is 4.20. The van der Waals surface area contributed by atoms with Crippen molar-refractivity contribution in [2.75, 3.05) is 0 Å². The second-order valence-electron chi connectivity index (χ2n) is 4.66. The molecule has 0 aliphatic carbocycles. The second-order valence-corrected chi connectivity index (χ2v) is 5.52. The molecule has 0 fully saturated rings. The van der Waals surface area contributed by atoms with E-state index in [-0.39, 0.29) is 0 Å². The van der Waals surface area contributed by atoms with Crippen molar-refractivity contribution < 1.29 is 5.11 Å². The van der Waals surface area contributed by atoms with Crippen molar-refractivity contribution in [2.45, 2.75) is 26.4 Å². The van der Waals surface area contributed by atoms with Crippen LogP contribution in [0.4, 0.5) is 0 Å². The molecule has 1 nitrogen and oxygen atoms in total. The second kappa shape index (κ2) is 5.68. The minimum atomic E-state index is -0.471. The van der Waals surface area contributed by atoms with Crippen molar-refractivity contribution in [3.8, 4) is 0 Å². The maximum absolute atomic E-state index is 10.3. The first-order chi connectivity index (χ1) is 8.58. The van der Waals surface area contributed by atoms with Crippen LogP contribution < -0.4 is 0 Å². The van der Waals surface area contributed by atoms with E-state index < -0.39 is 6.10 Å². The van der Waals surface area contributed by atoms with Crippen LogP contribution in [0.1, 0.15) is 28.4 Å². The molecule has 0 heterocycles. The average Bonchev–Trinajstić information content (AvgIpc) is 2.35. The minimum Gasteiger partial charge on any atom is -0.388 e. The van der Waals surface area contributed by atoms with Crippen molar-refractivity contribution in [1.29, 1.82) is 0 Å². The van der Waals surface area contributed by atoms with Gasteiger partial charge in [-0.1, -0.05) is 52.3 Å². The molecular weight excluding hydrogens is 288 g/mol. The van der Waals surface area contributed by atoms with E-state index in [0.717, 1.165) is 15.6 Å². The number of hydrogen-bond acceptors (Lipinski definition) is 1. The van der Waals surface area contributed by atoms with Gasteiger partial charge in [0.15, 0.2) is 0 Å². The molecule has 0 aliphatic rings. The van der Waals surface area contributed by atoms with Crippen LogP contribution in [0, 0.1) is 13.8 Å². The lowest BCUT2D eigenvalue weighted by Gasteiger charge is -2.15. The van der Waals surface area contributed by atoms with Crippen molar-refractivity contribution in [3.05, 3.63) is 69.2 Å². The molecule has 1 unspecified atom stereocenters. The summed E-state index contributed by atoms with van der Waals surface area (Å²) in [6.07, 6.45) is 0.170. The number of aliphatic hydroxyl groups is 1. The Hall–Kier alpha value is -1.12. The molecule has 18 heavy (non-hydrogen) atoms. The summed E-state index contributed by atoms with van der Waals surface area (Å²) in [7, 11) is 0. The number of aliphatic hydroxyl groups excluding tert-OH is 1. The van der Waals surface area contributed by atoms with Gasteiger partial charge in [-0.2, -0.15) is 0 Å². The summed E-state index contributed by atoms with van der Waals surface area (Å²) in [6.45, 7) is 4.15. The Labute approximate surface area is 117 Å². The molecule has 0 saturated heterocycles. The zero-order valence-corrected chi connectivity index (χ0v) is 12.2. The molecule has 1 atom stereocenters. The first kappa shape index (κ1) is 13.3. The molecule has 0 spiro atoms. The van der Waals surface area contributed by atoms with Gasteiger partial charge >= 0.3 is 0 Å². The van der Waals surface area contributed by atoms with Crippen molar-refractivity contribution in [1.82, 2.24) is 0 Å². The fourth-order valence-corrected chi connectivity index (χ4v) is 2.73. The molecule has 2 aromatic carbocycles. The lowest BCUT2D eigenvalue weighted by atomic mass is 9.98. The molecule has 0 bridgehead atoms. The Bertz CT molecular complexity index is 534. The molecule has 0 saturated carbocycles. The average molecular weight is 305 g/mol. The van der Waals surface area contributed by atoms with E-state index in [1.807, 2.05) is 30.3 Å². The van der Waals surface area contributed by atoms with Crippen LogP contribution in [-0.2, 0) is 6.42 Å². The SMILES string of the molecule is Cc1cc(Br)c(C(O)Cc2ccccc2)cc1C. The predicted molar refractivity (Wildman–Crippen MR) is 78.7 cm³/mol. The smallest absolute Gasteiger partial charge is 0.0841 e. The zero-order chi connectivity index (χ0) is 13.1. The van der Waals surface area contributed by atoms with Gasteiger partial charge in [-0.05, 0) is 42.2 Å². The Morgan fingerprint density at radius 3 is 2.33 bits per heavy atom. The van der Waals surface area contributed by atoms with Gasteiger partial charge in [-0.3, -0.25) is 0 Å². The number of hydrogen-bond donors (Lipinski definition) is 1. The molecule has 1 N–H and O–H groups in total. The summed E-state index contributed by atoms with van der Waals surface area (Å²) in [5, 5.41) is 10.3. The number of rotatable bonds is 3. The third-order valence-corrected chi connectivity index (χ3v) is 3.93. The van der Waals surface area contributed by atoms with Crippen LogP contribution in [0.3, 0.4) is 0 Å². The van der Waals surface area contributed by atoms with Gasteiger partial charge in [0.2, 0.25) is 0 Å². The summed E-state index contributed by atoms with van der Waals surface area (Å²) in [5.74, 6) is 0. The third-order valence-electron chi connectivity index (χ3n) is 3.24.